The number of benzene rings is 1. The fraction of sp³-hybridized carbons (Fsp3) is 0.250. The summed E-state index contributed by atoms with van der Waals surface area (Å²) in [6.07, 6.45) is 0. The summed E-state index contributed by atoms with van der Waals surface area (Å²) in [5, 5.41) is 7.28. The van der Waals surface area contributed by atoms with Gasteiger partial charge in [-0.2, -0.15) is 5.10 Å². The molecule has 0 saturated heterocycles. The summed E-state index contributed by atoms with van der Waals surface area (Å²) in [5.41, 5.74) is 2.69. The molecule has 0 fully saturated rings. The van der Waals surface area contributed by atoms with E-state index in [-0.39, 0.29) is 5.82 Å². The van der Waals surface area contributed by atoms with Gasteiger partial charge in [0.15, 0.2) is 0 Å². The van der Waals surface area contributed by atoms with E-state index >= 15 is 0 Å². The minimum absolute atomic E-state index is 0.267. The first kappa shape index (κ1) is 12.8. The van der Waals surface area contributed by atoms with E-state index in [1.807, 2.05) is 0 Å². The predicted octanol–water partition coefficient (Wildman–Crippen LogP) is 4.86. The number of H-pyrrole nitrogens is 1. The van der Waals surface area contributed by atoms with Gasteiger partial charge in [0.1, 0.15) is 11.5 Å². The number of rotatable bonds is 2. The van der Waals surface area contributed by atoms with E-state index in [0.717, 1.165) is 21.4 Å². The molecule has 17 heavy (non-hydrogen) atoms. The molecule has 0 amide bonds. The summed E-state index contributed by atoms with van der Waals surface area (Å²) < 4.78 is 14.7. The van der Waals surface area contributed by atoms with Gasteiger partial charge in [0.25, 0.3) is 0 Å². The topological polar surface area (TPSA) is 28.7 Å². The highest BCUT2D eigenvalue weighted by molar-refractivity contribution is 9.11. The maximum atomic E-state index is 13.0. The van der Waals surface area contributed by atoms with Crippen LogP contribution in [0, 0.1) is 5.82 Å². The van der Waals surface area contributed by atoms with Crippen LogP contribution in [-0.4, -0.2) is 10.2 Å². The third-order valence-corrected chi connectivity index (χ3v) is 3.95. The van der Waals surface area contributed by atoms with Crippen molar-refractivity contribution in [2.45, 2.75) is 19.8 Å². The van der Waals surface area contributed by atoms with Gasteiger partial charge in [-0.05, 0) is 56.0 Å². The van der Waals surface area contributed by atoms with Gasteiger partial charge in [-0.3, -0.25) is 5.10 Å². The molecule has 5 heteroatoms. The van der Waals surface area contributed by atoms with E-state index < -0.39 is 0 Å². The van der Waals surface area contributed by atoms with Gasteiger partial charge in [0.2, 0.25) is 0 Å². The van der Waals surface area contributed by atoms with Crippen LogP contribution in [0.25, 0.3) is 11.3 Å². The first-order valence-corrected chi connectivity index (χ1v) is 6.78. The van der Waals surface area contributed by atoms with Crippen molar-refractivity contribution in [1.82, 2.24) is 10.2 Å². The van der Waals surface area contributed by atoms with Gasteiger partial charge in [0.05, 0.1) is 10.2 Å². The van der Waals surface area contributed by atoms with Crippen LogP contribution in [0.1, 0.15) is 25.5 Å². The quantitative estimate of drug-likeness (QED) is 0.812. The predicted molar refractivity (Wildman–Crippen MR) is 73.5 cm³/mol. The van der Waals surface area contributed by atoms with Crippen LogP contribution in [-0.2, 0) is 0 Å². The van der Waals surface area contributed by atoms with E-state index in [9.17, 15) is 4.39 Å². The summed E-state index contributed by atoms with van der Waals surface area (Å²) in [4.78, 5) is 0. The molecule has 1 aromatic heterocycles. The van der Waals surface area contributed by atoms with E-state index in [4.69, 9.17) is 0 Å². The molecular weight excluding hydrogens is 351 g/mol. The Kier molecular flexibility index (Phi) is 3.68. The second-order valence-corrected chi connectivity index (χ2v) is 5.73. The van der Waals surface area contributed by atoms with E-state index in [1.54, 1.807) is 6.07 Å². The second kappa shape index (κ2) is 4.90. The lowest BCUT2D eigenvalue weighted by Gasteiger charge is -2.03. The summed E-state index contributed by atoms with van der Waals surface area (Å²) in [5.74, 6) is 0.0845. The molecule has 0 atom stereocenters. The summed E-state index contributed by atoms with van der Waals surface area (Å²) in [6.45, 7) is 4.17. The van der Waals surface area contributed by atoms with Crippen molar-refractivity contribution < 1.29 is 4.39 Å². The highest BCUT2D eigenvalue weighted by atomic mass is 79.9. The lowest BCUT2D eigenvalue weighted by Crippen LogP contribution is -1.87. The Morgan fingerprint density at radius 1 is 1.29 bits per heavy atom. The summed E-state index contributed by atoms with van der Waals surface area (Å²) in [7, 11) is 0. The molecule has 1 N–H and O–H groups in total. The molecule has 2 aromatic rings. The SMILES string of the molecule is CC(C)c1[nH]nc(-c2ccc(F)cc2Br)c1Br. The fourth-order valence-corrected chi connectivity index (χ4v) is 2.97. The van der Waals surface area contributed by atoms with Crippen molar-refractivity contribution in [2.24, 2.45) is 0 Å². The van der Waals surface area contributed by atoms with Gasteiger partial charge in [-0.25, -0.2) is 4.39 Å². The minimum atomic E-state index is -0.267. The van der Waals surface area contributed by atoms with E-state index in [2.05, 4.69) is 55.9 Å². The minimum Gasteiger partial charge on any atom is -0.281 e. The molecule has 2 rings (SSSR count). The maximum absolute atomic E-state index is 13.0. The Bertz CT molecular complexity index is 549. The highest BCUT2D eigenvalue weighted by Crippen LogP contribution is 2.36. The number of halogens is 3. The average Bonchev–Trinajstić information content (AvgIpc) is 2.60. The van der Waals surface area contributed by atoms with Crippen LogP contribution in [0.5, 0.6) is 0 Å². The van der Waals surface area contributed by atoms with Crippen molar-refractivity contribution in [3.63, 3.8) is 0 Å². The standard InChI is InChI=1S/C12H11Br2FN2/c1-6(2)11-10(14)12(17-16-11)8-4-3-7(15)5-9(8)13/h3-6H,1-2H3,(H,16,17). The number of aromatic amines is 1. The smallest absolute Gasteiger partial charge is 0.124 e. The Balaban J connectivity index is 2.54. The Morgan fingerprint density at radius 2 is 2.00 bits per heavy atom. The number of nitrogens with one attached hydrogen (secondary N) is 1. The maximum Gasteiger partial charge on any atom is 0.124 e. The van der Waals surface area contributed by atoms with Crippen molar-refractivity contribution in [2.75, 3.05) is 0 Å². The summed E-state index contributed by atoms with van der Waals surface area (Å²) in [6, 6.07) is 4.58. The van der Waals surface area contributed by atoms with Crippen LogP contribution >= 0.6 is 31.9 Å². The first-order valence-electron chi connectivity index (χ1n) is 5.20. The molecule has 0 aliphatic rings. The van der Waals surface area contributed by atoms with E-state index in [1.165, 1.54) is 12.1 Å². The van der Waals surface area contributed by atoms with Gasteiger partial charge in [0, 0.05) is 10.0 Å². The zero-order valence-electron chi connectivity index (χ0n) is 9.39. The molecule has 0 bridgehead atoms. The number of hydrogen-bond donors (Lipinski definition) is 1. The zero-order valence-corrected chi connectivity index (χ0v) is 12.6. The molecule has 0 unspecified atom stereocenters. The van der Waals surface area contributed by atoms with Crippen LogP contribution in [0.3, 0.4) is 0 Å². The fourth-order valence-electron chi connectivity index (χ4n) is 1.58. The third kappa shape index (κ3) is 2.45. The molecular formula is C12H11Br2FN2. The number of nitrogens with zero attached hydrogens (tertiary/aromatic N) is 1. The lowest BCUT2D eigenvalue weighted by molar-refractivity contribution is 0.627. The highest BCUT2D eigenvalue weighted by Gasteiger charge is 2.16. The second-order valence-electron chi connectivity index (χ2n) is 4.08. The van der Waals surface area contributed by atoms with Gasteiger partial charge >= 0.3 is 0 Å². The molecule has 2 nitrogen and oxygen atoms in total. The first-order chi connectivity index (χ1) is 8.00. The molecule has 1 aromatic carbocycles. The molecule has 0 radical (unpaired) electrons. The van der Waals surface area contributed by atoms with Crippen molar-refractivity contribution >= 4 is 31.9 Å². The molecule has 0 aliphatic heterocycles. The number of hydrogen-bond acceptors (Lipinski definition) is 1. The average molecular weight is 362 g/mol. The third-order valence-electron chi connectivity index (χ3n) is 2.50. The molecule has 0 spiro atoms. The molecule has 0 aliphatic carbocycles. The van der Waals surface area contributed by atoms with Crippen molar-refractivity contribution in [1.29, 1.82) is 0 Å². The van der Waals surface area contributed by atoms with Crippen LogP contribution < -0.4 is 0 Å². The number of aromatic nitrogens is 2. The van der Waals surface area contributed by atoms with Crippen LogP contribution in [0.2, 0.25) is 0 Å². The van der Waals surface area contributed by atoms with E-state index in [0.29, 0.717) is 10.4 Å². The van der Waals surface area contributed by atoms with Crippen molar-refractivity contribution in [3.8, 4) is 11.3 Å². The summed E-state index contributed by atoms with van der Waals surface area (Å²) >= 11 is 6.88. The van der Waals surface area contributed by atoms with Gasteiger partial charge in [-0.15, -0.1) is 0 Å². The monoisotopic (exact) mass is 360 g/mol. The molecule has 1 heterocycles. The Morgan fingerprint density at radius 3 is 2.53 bits per heavy atom. The van der Waals surface area contributed by atoms with Crippen LogP contribution in [0.15, 0.2) is 27.1 Å². The van der Waals surface area contributed by atoms with Gasteiger partial charge < -0.3 is 0 Å². The normalized spacial score (nSPS) is 11.2. The van der Waals surface area contributed by atoms with Gasteiger partial charge in [-0.1, -0.05) is 13.8 Å². The van der Waals surface area contributed by atoms with Crippen molar-refractivity contribution in [3.05, 3.63) is 38.7 Å². The van der Waals surface area contributed by atoms with Crippen LogP contribution in [0.4, 0.5) is 4.39 Å². The molecule has 90 valence electrons. The zero-order chi connectivity index (χ0) is 12.6. The Hall–Kier alpha value is -0.680. The Labute approximate surface area is 116 Å². The lowest BCUT2D eigenvalue weighted by atomic mass is 10.1. The largest absolute Gasteiger partial charge is 0.281 e. The molecule has 0 saturated carbocycles.